The first-order valence-electron chi connectivity index (χ1n) is 8.13. The van der Waals surface area contributed by atoms with Crippen LogP contribution in [0.1, 0.15) is 12.0 Å². The Morgan fingerprint density at radius 1 is 1.23 bits per heavy atom. The summed E-state index contributed by atoms with van der Waals surface area (Å²) in [6.45, 7) is 4.11. The Kier molecular flexibility index (Phi) is 17.9. The van der Waals surface area contributed by atoms with Gasteiger partial charge < -0.3 is 25.4 Å². The van der Waals surface area contributed by atoms with Crippen molar-refractivity contribution in [2.75, 3.05) is 47.5 Å². The lowest BCUT2D eigenvalue weighted by atomic mass is 10.2. The molecule has 0 bridgehead atoms. The standard InChI is InChI=1S/C15H23N3O4.C2H7N.ClH/c1-13-5-3-6-14(11-13)22-9-4-7-16-15(12-18(19)20)17-8-10-21-2;1-3-2;/h3,5-6,11-12,16-17H,4,7-10H2,1-2H3;3H,1-2H3;1H. The Morgan fingerprint density at radius 2 is 1.88 bits per heavy atom. The lowest BCUT2D eigenvalue weighted by molar-refractivity contribution is -0.404. The maximum atomic E-state index is 10.5. The van der Waals surface area contributed by atoms with Crippen molar-refractivity contribution in [3.05, 3.63) is 52.0 Å². The molecule has 3 N–H and O–H groups in total. The second-order valence-electron chi connectivity index (χ2n) is 5.19. The van der Waals surface area contributed by atoms with Crippen molar-refractivity contribution in [3.63, 3.8) is 0 Å². The number of nitrogens with one attached hydrogen (secondary N) is 3. The van der Waals surface area contributed by atoms with Crippen molar-refractivity contribution in [1.29, 1.82) is 0 Å². The van der Waals surface area contributed by atoms with Gasteiger partial charge in [0, 0.05) is 20.2 Å². The summed E-state index contributed by atoms with van der Waals surface area (Å²) in [4.78, 5) is 10.0. The van der Waals surface area contributed by atoms with Gasteiger partial charge in [-0.2, -0.15) is 0 Å². The highest BCUT2D eigenvalue weighted by Gasteiger charge is 2.02. The minimum atomic E-state index is -0.495. The number of benzene rings is 1. The molecule has 26 heavy (non-hydrogen) atoms. The van der Waals surface area contributed by atoms with E-state index in [-0.39, 0.29) is 12.4 Å². The molecule has 0 aliphatic rings. The van der Waals surface area contributed by atoms with Crippen molar-refractivity contribution in [3.8, 4) is 5.75 Å². The second-order valence-corrected chi connectivity index (χ2v) is 5.19. The number of hydrogen-bond donors (Lipinski definition) is 3. The zero-order chi connectivity index (χ0) is 18.9. The quantitative estimate of drug-likeness (QED) is 0.301. The molecule has 0 heterocycles. The number of methoxy groups -OCH3 is 1. The van der Waals surface area contributed by atoms with Crippen molar-refractivity contribution < 1.29 is 14.4 Å². The van der Waals surface area contributed by atoms with Gasteiger partial charge in [-0.05, 0) is 45.1 Å². The maximum absolute atomic E-state index is 10.5. The molecule has 0 aromatic heterocycles. The van der Waals surface area contributed by atoms with E-state index < -0.39 is 4.92 Å². The molecule has 0 aliphatic heterocycles. The highest BCUT2D eigenvalue weighted by molar-refractivity contribution is 5.85. The third kappa shape index (κ3) is 15.5. The molecule has 9 heteroatoms. The maximum Gasteiger partial charge on any atom is 0.274 e. The molecular formula is C17H31ClN4O4. The Labute approximate surface area is 161 Å². The summed E-state index contributed by atoms with van der Waals surface area (Å²) in [5.41, 5.74) is 1.15. The third-order valence-corrected chi connectivity index (χ3v) is 2.75. The molecule has 0 unspecified atom stereocenters. The van der Waals surface area contributed by atoms with Crippen molar-refractivity contribution in [2.24, 2.45) is 0 Å². The normalized spacial score (nSPS) is 10.1. The monoisotopic (exact) mass is 390 g/mol. The van der Waals surface area contributed by atoms with Crippen LogP contribution in [-0.4, -0.2) is 52.4 Å². The molecule has 0 radical (unpaired) electrons. The summed E-state index contributed by atoms with van der Waals surface area (Å²) in [7, 11) is 5.33. The molecule has 0 fully saturated rings. The van der Waals surface area contributed by atoms with Crippen molar-refractivity contribution in [2.45, 2.75) is 13.3 Å². The topological polar surface area (TPSA) is 97.7 Å². The fourth-order valence-corrected chi connectivity index (χ4v) is 1.74. The van der Waals surface area contributed by atoms with E-state index in [0.717, 1.165) is 23.9 Å². The molecule has 0 atom stereocenters. The smallest absolute Gasteiger partial charge is 0.274 e. The summed E-state index contributed by atoms with van der Waals surface area (Å²) in [6.07, 6.45) is 1.64. The largest absolute Gasteiger partial charge is 0.494 e. The van der Waals surface area contributed by atoms with Crippen LogP contribution in [0.5, 0.6) is 5.75 Å². The predicted molar refractivity (Wildman–Crippen MR) is 106 cm³/mol. The summed E-state index contributed by atoms with van der Waals surface area (Å²) >= 11 is 0. The van der Waals surface area contributed by atoms with E-state index in [1.807, 2.05) is 45.3 Å². The number of rotatable bonds is 11. The number of nitrogens with zero attached hydrogens (tertiary/aromatic N) is 1. The van der Waals surface area contributed by atoms with E-state index in [1.165, 1.54) is 0 Å². The van der Waals surface area contributed by atoms with Gasteiger partial charge >= 0.3 is 0 Å². The SMILES string of the molecule is CNC.COCCNC(=C[N+](=O)[O-])NCCCOc1cccc(C)c1.Cl. The minimum absolute atomic E-state index is 0. The van der Waals surface area contributed by atoms with E-state index in [4.69, 9.17) is 9.47 Å². The van der Waals surface area contributed by atoms with E-state index in [2.05, 4.69) is 16.0 Å². The number of nitro groups is 1. The molecule has 0 amide bonds. The van der Waals surface area contributed by atoms with Crippen LogP contribution >= 0.6 is 12.4 Å². The first-order valence-corrected chi connectivity index (χ1v) is 8.13. The molecule has 8 nitrogen and oxygen atoms in total. The van der Waals surface area contributed by atoms with Gasteiger partial charge in [-0.3, -0.25) is 10.1 Å². The van der Waals surface area contributed by atoms with Gasteiger partial charge in [0.15, 0.2) is 5.82 Å². The Morgan fingerprint density at radius 3 is 2.46 bits per heavy atom. The zero-order valence-corrected chi connectivity index (χ0v) is 16.7. The number of ether oxygens (including phenoxy) is 2. The number of hydrogen-bond acceptors (Lipinski definition) is 7. The fraction of sp³-hybridized carbons (Fsp3) is 0.529. The van der Waals surface area contributed by atoms with Gasteiger partial charge in [0.25, 0.3) is 6.20 Å². The van der Waals surface area contributed by atoms with Crippen LogP contribution in [0.4, 0.5) is 0 Å². The number of halogens is 1. The average molecular weight is 391 g/mol. The fourth-order valence-electron chi connectivity index (χ4n) is 1.74. The van der Waals surface area contributed by atoms with E-state index >= 15 is 0 Å². The van der Waals surface area contributed by atoms with Crippen molar-refractivity contribution >= 4 is 12.4 Å². The van der Waals surface area contributed by atoms with Crippen molar-refractivity contribution in [1.82, 2.24) is 16.0 Å². The summed E-state index contributed by atoms with van der Waals surface area (Å²) in [5, 5.41) is 19.2. The van der Waals surface area contributed by atoms with Crippen LogP contribution in [0.3, 0.4) is 0 Å². The molecule has 1 aromatic rings. The summed E-state index contributed by atoms with van der Waals surface area (Å²) < 4.78 is 10.5. The molecule has 0 saturated heterocycles. The lowest BCUT2D eigenvalue weighted by Crippen LogP contribution is -2.30. The average Bonchev–Trinajstić information content (AvgIpc) is 2.55. The van der Waals surface area contributed by atoms with Gasteiger partial charge in [0.1, 0.15) is 5.75 Å². The zero-order valence-electron chi connectivity index (χ0n) is 15.9. The summed E-state index contributed by atoms with van der Waals surface area (Å²) in [6, 6.07) is 7.83. The minimum Gasteiger partial charge on any atom is -0.494 e. The molecule has 0 saturated carbocycles. The number of aryl methyl sites for hydroxylation is 1. The Balaban J connectivity index is 0. The van der Waals surface area contributed by atoms with Gasteiger partial charge in [0.05, 0.1) is 18.1 Å². The van der Waals surface area contributed by atoms with Crippen LogP contribution in [0.2, 0.25) is 0 Å². The van der Waals surface area contributed by atoms with E-state index in [0.29, 0.717) is 32.1 Å². The molecule has 0 spiro atoms. The highest BCUT2D eigenvalue weighted by Crippen LogP contribution is 2.12. The van der Waals surface area contributed by atoms with Gasteiger partial charge in [-0.25, -0.2) is 0 Å². The highest BCUT2D eigenvalue weighted by atomic mass is 35.5. The van der Waals surface area contributed by atoms with Gasteiger partial charge in [-0.1, -0.05) is 12.1 Å². The second kappa shape index (κ2) is 17.8. The summed E-state index contributed by atoms with van der Waals surface area (Å²) in [5.74, 6) is 1.21. The van der Waals surface area contributed by atoms with Crippen LogP contribution in [0.25, 0.3) is 0 Å². The third-order valence-electron chi connectivity index (χ3n) is 2.75. The first-order chi connectivity index (χ1) is 12.0. The van der Waals surface area contributed by atoms with E-state index in [1.54, 1.807) is 7.11 Å². The Bertz CT molecular complexity index is 515. The molecule has 1 aromatic carbocycles. The van der Waals surface area contributed by atoms with Crippen LogP contribution < -0.4 is 20.7 Å². The van der Waals surface area contributed by atoms with Crippen LogP contribution in [0, 0.1) is 17.0 Å². The van der Waals surface area contributed by atoms with E-state index in [9.17, 15) is 10.1 Å². The van der Waals surface area contributed by atoms with Crippen LogP contribution in [0.15, 0.2) is 36.3 Å². The molecule has 150 valence electrons. The first kappa shape index (κ1) is 26.2. The van der Waals surface area contributed by atoms with Crippen LogP contribution in [-0.2, 0) is 4.74 Å². The molecular weight excluding hydrogens is 360 g/mol. The van der Waals surface area contributed by atoms with Gasteiger partial charge in [-0.15, -0.1) is 12.4 Å². The predicted octanol–water partition coefficient (Wildman–Crippen LogP) is 1.92. The Hall–Kier alpha value is -2.03. The molecule has 0 aliphatic carbocycles. The van der Waals surface area contributed by atoms with Gasteiger partial charge in [0.2, 0.25) is 0 Å². The lowest BCUT2D eigenvalue weighted by Gasteiger charge is -2.11. The molecule has 1 rings (SSSR count).